The molecule has 0 bridgehead atoms. The molecule has 2 heterocycles. The van der Waals surface area contributed by atoms with Gasteiger partial charge in [0.05, 0.1) is 93.6 Å². The number of nitrogens with zero attached hydrogens (tertiary/aromatic N) is 12. The zero-order valence-electron chi connectivity index (χ0n) is 35.0. The van der Waals surface area contributed by atoms with Gasteiger partial charge in [0, 0.05) is 63.8 Å². The van der Waals surface area contributed by atoms with Crippen molar-refractivity contribution >= 4 is 28.0 Å². The molecular weight excluding hydrogens is 907 g/mol. The van der Waals surface area contributed by atoms with E-state index in [4.69, 9.17) is 6.57 Å². The van der Waals surface area contributed by atoms with Crippen molar-refractivity contribution in [1.82, 2.24) is 19.9 Å². The molecule has 0 radical (unpaired) electrons. The first kappa shape index (κ1) is 45.8. The largest absolute Gasteiger partial charge is 0.417 e. The van der Waals surface area contributed by atoms with E-state index in [1.54, 1.807) is 0 Å². The summed E-state index contributed by atoms with van der Waals surface area (Å²) in [4.78, 5) is 19.9. The van der Waals surface area contributed by atoms with Crippen molar-refractivity contribution in [3.63, 3.8) is 0 Å². The van der Waals surface area contributed by atoms with Gasteiger partial charge in [0.25, 0.3) is 0 Å². The molecule has 328 valence electrons. The van der Waals surface area contributed by atoms with Gasteiger partial charge in [0.15, 0.2) is 17.3 Å². The number of rotatable bonds is 6. The van der Waals surface area contributed by atoms with Crippen LogP contribution in [0.15, 0.2) is 143 Å². The van der Waals surface area contributed by atoms with Gasteiger partial charge < -0.3 is 0 Å². The summed E-state index contributed by atoms with van der Waals surface area (Å²) in [5.41, 5.74) is -14.2. The fraction of sp³-hybridized carbons (Fsp3) is 0.0385. The maximum Gasteiger partial charge on any atom is 0.417 e. The molecule has 0 amide bonds. The Labute approximate surface area is 392 Å². The minimum atomic E-state index is -5.66. The molecule has 0 spiro atoms. The molecule has 0 aliphatic heterocycles. The molecule has 18 heteroatoms. The minimum Gasteiger partial charge on any atom is -0.238 e. The van der Waals surface area contributed by atoms with E-state index in [9.17, 15) is 36.8 Å². The van der Waals surface area contributed by atoms with Gasteiger partial charge in [-0.25, -0.2) is 24.8 Å². The third kappa shape index (κ3) is 8.13. The molecule has 0 unspecified atom stereocenters. The van der Waals surface area contributed by atoms with Gasteiger partial charge >= 0.3 is 12.4 Å². The van der Waals surface area contributed by atoms with Gasteiger partial charge in [-0.3, -0.25) is 0 Å². The van der Waals surface area contributed by atoms with Crippen molar-refractivity contribution in [2.45, 2.75) is 12.4 Å². The van der Waals surface area contributed by atoms with Crippen LogP contribution in [0.25, 0.3) is 27.1 Å². The lowest BCUT2D eigenvalue weighted by Crippen LogP contribution is -2.19. The van der Waals surface area contributed by atoms with Crippen LogP contribution in [0.4, 0.5) is 32.0 Å². The van der Waals surface area contributed by atoms with E-state index < -0.39 is 79.7 Å². The van der Waals surface area contributed by atoms with Crippen molar-refractivity contribution in [1.29, 1.82) is 36.8 Å². The van der Waals surface area contributed by atoms with E-state index in [2.05, 4.69) is 24.8 Å². The average Bonchev–Trinajstić information content (AvgIpc) is 3.89. The number of allylic oxidation sites excluding steroid dienone is 8. The van der Waals surface area contributed by atoms with Crippen LogP contribution < -0.4 is 0 Å². The van der Waals surface area contributed by atoms with Crippen molar-refractivity contribution in [3.8, 4) is 42.5 Å². The maximum absolute atomic E-state index is 16.9. The van der Waals surface area contributed by atoms with Crippen molar-refractivity contribution in [2.24, 2.45) is 0 Å². The van der Waals surface area contributed by atoms with Crippen LogP contribution in [0.1, 0.15) is 72.8 Å². The lowest BCUT2D eigenvalue weighted by Gasteiger charge is -2.24. The Bertz CT molecular complexity index is 3290. The third-order valence-electron chi connectivity index (χ3n) is 10.8. The van der Waals surface area contributed by atoms with Gasteiger partial charge in [-0.2, -0.15) is 63.2 Å². The Morgan fingerprint density at radius 3 is 0.929 bits per heavy atom. The number of halogens is 6. The molecule has 70 heavy (non-hydrogen) atoms. The molecule has 0 atom stereocenters. The predicted octanol–water partition coefficient (Wildman–Crippen LogP) is 10.6. The maximum atomic E-state index is 16.9. The summed E-state index contributed by atoms with van der Waals surface area (Å²) in [6.45, 7) is 7.86. The monoisotopic (exact) mass is 924 g/mol. The molecule has 8 rings (SSSR count). The SMILES string of the molecule is [C-]#[N+]c1cc(C#N)cc(/C(=C2/C3=C(C(=C(c4cc(C#N)cc(C#N)c4)c4cc(C#N)cc(C#N)c4)C(c4ncccn4)=C3C(F)(F)F)C(C(F)(F)F)=C2c2ncccn2)c2cc(C#N)cc(C#N)c2)c1. The fourth-order valence-corrected chi connectivity index (χ4v) is 8.37. The summed E-state index contributed by atoms with van der Waals surface area (Å²) in [7, 11) is 0. The second kappa shape index (κ2) is 17.9. The summed E-state index contributed by atoms with van der Waals surface area (Å²) in [5.74, 6) is -1.54. The van der Waals surface area contributed by atoms with E-state index >= 15 is 26.3 Å². The Kier molecular flexibility index (Phi) is 11.7. The molecule has 12 nitrogen and oxygen atoms in total. The second-order valence-corrected chi connectivity index (χ2v) is 15.0. The van der Waals surface area contributed by atoms with Gasteiger partial charge in [-0.1, -0.05) is 0 Å². The number of nitriles is 7. The van der Waals surface area contributed by atoms with E-state index in [1.807, 2.05) is 42.5 Å². The highest BCUT2D eigenvalue weighted by atomic mass is 19.4. The van der Waals surface area contributed by atoms with Crippen molar-refractivity contribution in [3.05, 3.63) is 227 Å². The summed E-state index contributed by atoms with van der Waals surface area (Å²) in [6.07, 6.45) is -7.16. The number of hydrogen-bond donors (Lipinski definition) is 0. The zero-order chi connectivity index (χ0) is 50.1. The van der Waals surface area contributed by atoms with Crippen LogP contribution in [0.2, 0.25) is 0 Å². The van der Waals surface area contributed by atoms with Crippen LogP contribution in [0.3, 0.4) is 0 Å². The predicted molar refractivity (Wildman–Crippen MR) is 234 cm³/mol. The van der Waals surface area contributed by atoms with Gasteiger partial charge in [-0.15, -0.1) is 0 Å². The lowest BCUT2D eigenvalue weighted by molar-refractivity contribution is -0.0902. The summed E-state index contributed by atoms with van der Waals surface area (Å²) in [5, 5.41) is 71.1. The van der Waals surface area contributed by atoms with Crippen molar-refractivity contribution in [2.75, 3.05) is 0 Å². The van der Waals surface area contributed by atoms with E-state index in [1.165, 1.54) is 12.1 Å². The molecule has 0 saturated heterocycles. The number of hydrogen-bond acceptors (Lipinski definition) is 11. The molecule has 4 aromatic carbocycles. The number of aromatic nitrogens is 4. The van der Waals surface area contributed by atoms with E-state index in [-0.39, 0.29) is 66.9 Å². The molecular formula is C52H18F6N12. The minimum absolute atomic E-state index is 0.251. The first-order valence-corrected chi connectivity index (χ1v) is 19.8. The Morgan fingerprint density at radius 1 is 0.400 bits per heavy atom. The normalized spacial score (nSPS) is 13.7. The molecule has 0 saturated carbocycles. The Morgan fingerprint density at radius 2 is 0.671 bits per heavy atom. The highest BCUT2D eigenvalue weighted by molar-refractivity contribution is 6.15. The van der Waals surface area contributed by atoms with Gasteiger partial charge in [0.2, 0.25) is 0 Å². The second-order valence-electron chi connectivity index (χ2n) is 15.0. The number of benzene rings is 4. The van der Waals surface area contributed by atoms with Crippen LogP contribution in [-0.2, 0) is 0 Å². The molecule has 6 aromatic rings. The van der Waals surface area contributed by atoms with Gasteiger partial charge in [0.1, 0.15) is 0 Å². The lowest BCUT2D eigenvalue weighted by atomic mass is 9.81. The first-order valence-electron chi connectivity index (χ1n) is 19.8. The fourth-order valence-electron chi connectivity index (χ4n) is 8.37. The standard InChI is InChI=1S/C52H18F6N12/c1-66-38-18-33(26-65)17-37(19-38)40(36-15-31(24-63)10-32(16-36)25-64)42-44-43(47(51(53,54)55)46(42)50-69-6-3-7-70-50)41(45(48(44)52(56,57)58)49-67-4-2-5-68-49)39(34-11-27(20-59)8-28(12-34)21-60)35-13-29(22-61)9-30(14-35)23-62/h2-19H/b42-40-. The Balaban J connectivity index is 1.80. The smallest absolute Gasteiger partial charge is 0.238 e. The summed E-state index contributed by atoms with van der Waals surface area (Å²) >= 11 is 0. The average molecular weight is 925 g/mol. The molecule has 2 aliphatic rings. The van der Waals surface area contributed by atoms with Crippen molar-refractivity contribution < 1.29 is 26.3 Å². The molecule has 2 aromatic heterocycles. The van der Waals surface area contributed by atoms with Crippen LogP contribution in [0.5, 0.6) is 0 Å². The Hall–Kier alpha value is -10.8. The van der Waals surface area contributed by atoms with Crippen LogP contribution in [-0.4, -0.2) is 32.3 Å². The topological polar surface area (TPSA) is 222 Å². The summed E-state index contributed by atoms with van der Waals surface area (Å²) < 4.78 is 101. The summed E-state index contributed by atoms with van der Waals surface area (Å²) in [6, 6.07) is 28.8. The molecule has 0 fully saturated rings. The third-order valence-corrected chi connectivity index (χ3v) is 10.8. The highest BCUT2D eigenvalue weighted by Crippen LogP contribution is 2.65. The molecule has 2 aliphatic carbocycles. The van der Waals surface area contributed by atoms with E-state index in [0.717, 1.165) is 97.6 Å². The highest BCUT2D eigenvalue weighted by Gasteiger charge is 2.57. The first-order chi connectivity index (χ1) is 33.6. The molecule has 0 N–H and O–H groups in total. The van der Waals surface area contributed by atoms with Gasteiger partial charge in [-0.05, 0) is 118 Å². The van der Waals surface area contributed by atoms with Crippen LogP contribution >= 0.6 is 0 Å². The quantitative estimate of drug-likeness (QED) is 0.113. The number of alkyl halides is 6. The van der Waals surface area contributed by atoms with Crippen LogP contribution in [0, 0.1) is 85.9 Å². The zero-order valence-corrected chi connectivity index (χ0v) is 35.0. The van der Waals surface area contributed by atoms with E-state index in [0.29, 0.717) is 0 Å².